The van der Waals surface area contributed by atoms with Gasteiger partial charge >= 0.3 is 5.97 Å². The van der Waals surface area contributed by atoms with Gasteiger partial charge in [-0.2, -0.15) is 0 Å². The van der Waals surface area contributed by atoms with E-state index in [4.69, 9.17) is 0 Å². The fourth-order valence-electron chi connectivity index (χ4n) is 3.28. The summed E-state index contributed by atoms with van der Waals surface area (Å²) in [6.45, 7) is 2.22. The number of amides is 1. The Kier molecular flexibility index (Phi) is 16.5. The number of carboxylic acid groups (broad SMARTS) is 1. The van der Waals surface area contributed by atoms with Gasteiger partial charge in [0, 0.05) is 12.8 Å². The SMILES string of the molecule is CCCCC/C=C\C/C=C\C/C=C/C/C=C\CCCC(=O)N[C@@H](Cc1ccc(O)cc1)C(=O)O. The summed E-state index contributed by atoms with van der Waals surface area (Å²) in [6.07, 6.45) is 27.1. The first kappa shape index (κ1) is 29.0. The molecule has 0 spiro atoms. The summed E-state index contributed by atoms with van der Waals surface area (Å²) in [5.41, 5.74) is 0.742. The maximum atomic E-state index is 12.1. The van der Waals surface area contributed by atoms with Gasteiger partial charge < -0.3 is 15.5 Å². The van der Waals surface area contributed by atoms with Crippen LogP contribution in [0.2, 0.25) is 0 Å². The van der Waals surface area contributed by atoms with Gasteiger partial charge in [-0.3, -0.25) is 4.79 Å². The molecule has 0 unspecified atom stereocenters. The van der Waals surface area contributed by atoms with Crippen molar-refractivity contribution in [3.63, 3.8) is 0 Å². The van der Waals surface area contributed by atoms with Gasteiger partial charge in [0.2, 0.25) is 5.91 Å². The second kappa shape index (κ2) is 19.4. The van der Waals surface area contributed by atoms with E-state index in [0.29, 0.717) is 6.42 Å². The van der Waals surface area contributed by atoms with E-state index < -0.39 is 12.0 Å². The lowest BCUT2D eigenvalue weighted by atomic mass is 10.1. The van der Waals surface area contributed by atoms with Gasteiger partial charge in [-0.1, -0.05) is 80.5 Å². The van der Waals surface area contributed by atoms with Crippen LogP contribution in [0.5, 0.6) is 5.75 Å². The average Bonchev–Trinajstić information content (AvgIpc) is 2.82. The summed E-state index contributed by atoms with van der Waals surface area (Å²) in [5.74, 6) is -1.21. The first-order chi connectivity index (χ1) is 16.5. The number of rotatable bonds is 18. The number of carbonyl (C=O) groups excluding carboxylic acids is 1. The second-order valence-corrected chi connectivity index (χ2v) is 8.31. The largest absolute Gasteiger partial charge is 0.508 e. The maximum Gasteiger partial charge on any atom is 0.326 e. The highest BCUT2D eigenvalue weighted by molar-refractivity contribution is 5.83. The molecule has 0 aliphatic rings. The Hall–Kier alpha value is -3.08. The molecule has 34 heavy (non-hydrogen) atoms. The van der Waals surface area contributed by atoms with Gasteiger partial charge in [-0.15, -0.1) is 0 Å². The van der Waals surface area contributed by atoms with Crippen molar-refractivity contribution in [2.24, 2.45) is 0 Å². The molecule has 1 aromatic rings. The number of allylic oxidation sites excluding steroid dienone is 8. The molecule has 5 heteroatoms. The lowest BCUT2D eigenvalue weighted by Gasteiger charge is -2.14. The van der Waals surface area contributed by atoms with Gasteiger partial charge in [0.15, 0.2) is 0 Å². The number of hydrogen-bond acceptors (Lipinski definition) is 3. The highest BCUT2D eigenvalue weighted by atomic mass is 16.4. The number of carbonyl (C=O) groups is 2. The number of benzene rings is 1. The predicted octanol–water partition coefficient (Wildman–Crippen LogP) is 6.65. The van der Waals surface area contributed by atoms with Crippen molar-refractivity contribution < 1.29 is 19.8 Å². The van der Waals surface area contributed by atoms with Crippen molar-refractivity contribution >= 4 is 11.9 Å². The topological polar surface area (TPSA) is 86.6 Å². The molecule has 3 N–H and O–H groups in total. The Bertz CT molecular complexity index is 806. The van der Waals surface area contributed by atoms with E-state index in [1.54, 1.807) is 12.1 Å². The average molecular weight is 468 g/mol. The smallest absolute Gasteiger partial charge is 0.326 e. The first-order valence-corrected chi connectivity index (χ1v) is 12.4. The van der Waals surface area contributed by atoms with Crippen LogP contribution in [0, 0.1) is 0 Å². The summed E-state index contributed by atoms with van der Waals surface area (Å²) < 4.78 is 0. The maximum absolute atomic E-state index is 12.1. The molecule has 0 saturated heterocycles. The Balaban J connectivity index is 2.12. The number of carboxylic acids is 1. The van der Waals surface area contributed by atoms with Crippen LogP contribution >= 0.6 is 0 Å². The molecule has 5 nitrogen and oxygen atoms in total. The Labute approximate surface area is 205 Å². The molecule has 0 aromatic heterocycles. The number of aliphatic carboxylic acids is 1. The molecule has 0 saturated carbocycles. The van der Waals surface area contributed by atoms with Crippen molar-refractivity contribution in [3.05, 3.63) is 78.4 Å². The Morgan fingerprint density at radius 2 is 1.35 bits per heavy atom. The summed E-state index contributed by atoms with van der Waals surface area (Å²) in [5, 5.41) is 21.3. The minimum atomic E-state index is -1.07. The molecule has 0 aliphatic carbocycles. The van der Waals surface area contributed by atoms with Gasteiger partial charge in [-0.25, -0.2) is 4.79 Å². The van der Waals surface area contributed by atoms with Crippen LogP contribution < -0.4 is 5.32 Å². The molecule has 0 radical (unpaired) electrons. The van der Waals surface area contributed by atoms with Crippen LogP contribution in [0.1, 0.15) is 76.7 Å². The number of phenols is 1. The molecule has 1 aromatic carbocycles. The normalized spacial score (nSPS) is 12.9. The van der Waals surface area contributed by atoms with Crippen LogP contribution in [0.25, 0.3) is 0 Å². The van der Waals surface area contributed by atoms with Gasteiger partial charge in [-0.05, 0) is 62.6 Å². The van der Waals surface area contributed by atoms with Crippen LogP contribution in [-0.4, -0.2) is 28.1 Å². The summed E-state index contributed by atoms with van der Waals surface area (Å²) in [6, 6.07) is 5.34. The van der Waals surface area contributed by atoms with Crippen molar-refractivity contribution in [3.8, 4) is 5.75 Å². The zero-order valence-electron chi connectivity index (χ0n) is 20.5. The number of phenolic OH excluding ortho intramolecular Hbond substituents is 1. The van der Waals surface area contributed by atoms with Crippen molar-refractivity contribution in [2.45, 2.75) is 83.6 Å². The van der Waals surface area contributed by atoms with Crippen LogP contribution in [0.15, 0.2) is 72.9 Å². The Morgan fingerprint density at radius 3 is 1.88 bits per heavy atom. The van der Waals surface area contributed by atoms with Gasteiger partial charge in [0.05, 0.1) is 0 Å². The fourth-order valence-corrected chi connectivity index (χ4v) is 3.28. The van der Waals surface area contributed by atoms with Gasteiger partial charge in [0.1, 0.15) is 11.8 Å². The lowest BCUT2D eigenvalue weighted by molar-refractivity contribution is -0.141. The van der Waals surface area contributed by atoms with Crippen molar-refractivity contribution in [1.82, 2.24) is 5.32 Å². The zero-order valence-corrected chi connectivity index (χ0v) is 20.5. The molecule has 1 atom stereocenters. The molecular weight excluding hydrogens is 426 g/mol. The minimum Gasteiger partial charge on any atom is -0.508 e. The third-order valence-electron chi connectivity index (χ3n) is 5.24. The third kappa shape index (κ3) is 15.7. The van der Waals surface area contributed by atoms with E-state index in [0.717, 1.165) is 31.2 Å². The quantitative estimate of drug-likeness (QED) is 0.167. The minimum absolute atomic E-state index is 0.122. The third-order valence-corrected chi connectivity index (χ3v) is 5.24. The molecule has 0 bridgehead atoms. The monoisotopic (exact) mass is 467 g/mol. The summed E-state index contributed by atoms with van der Waals surface area (Å²) in [4.78, 5) is 23.6. The standard InChI is InChI=1S/C29H41NO4/c1-2-3-4-5-6-7-8-9-10-11-12-13-14-15-16-17-18-19-28(32)30-27(29(33)34)24-25-20-22-26(31)23-21-25/h6-7,9-10,12-13,15-16,20-23,27,31H,2-5,8,11,14,17-19,24H2,1H3,(H,30,32)(H,33,34)/b7-6-,10-9-,13-12+,16-15-/t27-/m0/s1. The molecule has 1 amide bonds. The predicted molar refractivity (Wildman–Crippen MR) is 140 cm³/mol. The van der Waals surface area contributed by atoms with E-state index >= 15 is 0 Å². The van der Waals surface area contributed by atoms with E-state index in [1.807, 2.05) is 0 Å². The van der Waals surface area contributed by atoms with Crippen molar-refractivity contribution in [1.29, 1.82) is 0 Å². The van der Waals surface area contributed by atoms with Crippen molar-refractivity contribution in [2.75, 3.05) is 0 Å². The molecular formula is C29H41NO4. The molecule has 1 rings (SSSR count). The number of nitrogens with one attached hydrogen (secondary N) is 1. The van der Waals surface area contributed by atoms with E-state index in [1.165, 1.54) is 37.8 Å². The molecule has 0 heterocycles. The fraction of sp³-hybridized carbons (Fsp3) is 0.448. The molecule has 0 aliphatic heterocycles. The number of hydrogen-bond donors (Lipinski definition) is 3. The van der Waals surface area contributed by atoms with Gasteiger partial charge in [0.25, 0.3) is 0 Å². The first-order valence-electron chi connectivity index (χ1n) is 12.4. The lowest BCUT2D eigenvalue weighted by Crippen LogP contribution is -2.42. The Morgan fingerprint density at radius 1 is 0.824 bits per heavy atom. The summed E-state index contributed by atoms with van der Waals surface area (Å²) in [7, 11) is 0. The van der Waals surface area contributed by atoms with E-state index in [9.17, 15) is 19.8 Å². The van der Waals surface area contributed by atoms with Crippen LogP contribution in [-0.2, 0) is 16.0 Å². The van der Waals surface area contributed by atoms with Crippen LogP contribution in [0.3, 0.4) is 0 Å². The van der Waals surface area contributed by atoms with E-state index in [2.05, 4.69) is 60.8 Å². The zero-order chi connectivity index (χ0) is 24.9. The summed E-state index contributed by atoms with van der Waals surface area (Å²) >= 11 is 0. The van der Waals surface area contributed by atoms with Crippen LogP contribution in [0.4, 0.5) is 0 Å². The number of aromatic hydroxyl groups is 1. The highest BCUT2D eigenvalue weighted by Crippen LogP contribution is 2.12. The van der Waals surface area contributed by atoms with E-state index in [-0.39, 0.29) is 24.5 Å². The second-order valence-electron chi connectivity index (χ2n) is 8.31. The number of unbranched alkanes of at least 4 members (excludes halogenated alkanes) is 4. The molecule has 0 fully saturated rings. The molecule has 186 valence electrons. The highest BCUT2D eigenvalue weighted by Gasteiger charge is 2.20.